The maximum absolute atomic E-state index is 13.2. The van der Waals surface area contributed by atoms with Crippen molar-refractivity contribution in [3.8, 4) is 0 Å². The zero-order valence-corrected chi connectivity index (χ0v) is 18.4. The van der Waals surface area contributed by atoms with Gasteiger partial charge in [0.15, 0.2) is 10.8 Å². The number of aryl methyl sites for hydroxylation is 2. The summed E-state index contributed by atoms with van der Waals surface area (Å²) in [5.41, 5.74) is 3.53. The van der Waals surface area contributed by atoms with Crippen molar-refractivity contribution in [1.29, 1.82) is 0 Å². The highest BCUT2D eigenvalue weighted by molar-refractivity contribution is 7.16. The Kier molecular flexibility index (Phi) is 7.36. The van der Waals surface area contributed by atoms with Crippen LogP contribution in [0.25, 0.3) is 0 Å². The summed E-state index contributed by atoms with van der Waals surface area (Å²) >= 11 is 1.35. The van der Waals surface area contributed by atoms with Gasteiger partial charge >= 0.3 is 5.97 Å². The van der Waals surface area contributed by atoms with Crippen LogP contribution in [-0.4, -0.2) is 30.0 Å². The molecule has 0 fully saturated rings. The number of esters is 1. The molecule has 30 heavy (non-hydrogen) atoms. The molecule has 1 heterocycles. The van der Waals surface area contributed by atoms with E-state index in [4.69, 9.17) is 4.74 Å². The van der Waals surface area contributed by atoms with E-state index in [0.29, 0.717) is 18.1 Å². The Morgan fingerprint density at radius 3 is 2.37 bits per heavy atom. The summed E-state index contributed by atoms with van der Waals surface area (Å²) in [6, 6.07) is 18.0. The van der Waals surface area contributed by atoms with Gasteiger partial charge in [-0.3, -0.25) is 9.69 Å². The van der Waals surface area contributed by atoms with Gasteiger partial charge in [0.2, 0.25) is 5.91 Å². The number of carbonyl (C=O) groups is 2. The van der Waals surface area contributed by atoms with Crippen LogP contribution in [0, 0.1) is 13.8 Å². The van der Waals surface area contributed by atoms with Crippen LogP contribution in [0.5, 0.6) is 0 Å². The number of anilines is 1. The highest BCUT2D eigenvalue weighted by Crippen LogP contribution is 2.27. The molecule has 156 valence electrons. The Morgan fingerprint density at radius 2 is 1.70 bits per heavy atom. The van der Waals surface area contributed by atoms with E-state index in [2.05, 4.69) is 4.98 Å². The zero-order chi connectivity index (χ0) is 21.5. The second-order valence-electron chi connectivity index (χ2n) is 7.07. The Hall–Kier alpha value is -2.99. The predicted molar refractivity (Wildman–Crippen MR) is 120 cm³/mol. The van der Waals surface area contributed by atoms with E-state index < -0.39 is 5.97 Å². The number of amides is 1. The molecule has 1 amide bonds. The smallest absolute Gasteiger partial charge is 0.358 e. The van der Waals surface area contributed by atoms with Gasteiger partial charge in [0.25, 0.3) is 0 Å². The van der Waals surface area contributed by atoms with Crippen LogP contribution in [0.15, 0.2) is 54.6 Å². The number of aromatic nitrogens is 1. The van der Waals surface area contributed by atoms with Crippen LogP contribution >= 0.6 is 11.3 Å². The van der Waals surface area contributed by atoms with Gasteiger partial charge in [0.05, 0.1) is 13.0 Å². The molecule has 3 rings (SSSR count). The highest BCUT2D eigenvalue weighted by atomic mass is 32.1. The molecule has 0 aliphatic heterocycles. The summed E-state index contributed by atoms with van der Waals surface area (Å²) in [7, 11) is 0. The van der Waals surface area contributed by atoms with Crippen LogP contribution < -0.4 is 4.90 Å². The van der Waals surface area contributed by atoms with E-state index in [1.807, 2.05) is 68.4 Å². The highest BCUT2D eigenvalue weighted by Gasteiger charge is 2.24. The first-order chi connectivity index (χ1) is 14.5. The normalized spacial score (nSPS) is 10.6. The second kappa shape index (κ2) is 10.2. The van der Waals surface area contributed by atoms with Gasteiger partial charge in [-0.1, -0.05) is 60.2 Å². The standard InChI is InChI=1S/C24H26N2O3S/c1-4-29-23(28)22-18(3)30-24(25-22)26(15-14-19-8-6-5-7-9-19)21(27)16-20-12-10-17(2)11-13-20/h5-13H,4,14-16H2,1-3H3. The van der Waals surface area contributed by atoms with E-state index >= 15 is 0 Å². The Balaban J connectivity index is 1.84. The SMILES string of the molecule is CCOC(=O)c1nc(N(CCc2ccccc2)C(=O)Cc2ccc(C)cc2)sc1C. The van der Waals surface area contributed by atoms with Crippen molar-refractivity contribution >= 4 is 28.3 Å². The lowest BCUT2D eigenvalue weighted by Gasteiger charge is -2.20. The molecule has 0 saturated carbocycles. The lowest BCUT2D eigenvalue weighted by molar-refractivity contribution is -0.118. The van der Waals surface area contributed by atoms with Crippen molar-refractivity contribution in [2.45, 2.75) is 33.6 Å². The molecule has 0 unspecified atom stereocenters. The molecule has 2 aromatic carbocycles. The third-order valence-electron chi connectivity index (χ3n) is 4.73. The van der Waals surface area contributed by atoms with Crippen LogP contribution in [-0.2, 0) is 22.4 Å². The Labute approximate surface area is 181 Å². The lowest BCUT2D eigenvalue weighted by Crippen LogP contribution is -2.34. The molecule has 0 radical (unpaired) electrons. The van der Waals surface area contributed by atoms with Gasteiger partial charge in [-0.25, -0.2) is 9.78 Å². The Morgan fingerprint density at radius 1 is 1.00 bits per heavy atom. The summed E-state index contributed by atoms with van der Waals surface area (Å²) in [4.78, 5) is 32.3. The monoisotopic (exact) mass is 422 g/mol. The van der Waals surface area contributed by atoms with Gasteiger partial charge in [0, 0.05) is 11.4 Å². The molecule has 0 N–H and O–H groups in total. The first kappa shape index (κ1) is 21.7. The van der Waals surface area contributed by atoms with E-state index in [-0.39, 0.29) is 24.6 Å². The van der Waals surface area contributed by atoms with E-state index in [9.17, 15) is 9.59 Å². The number of benzene rings is 2. The summed E-state index contributed by atoms with van der Waals surface area (Å²) in [6.07, 6.45) is 0.982. The lowest BCUT2D eigenvalue weighted by atomic mass is 10.1. The first-order valence-corrected chi connectivity index (χ1v) is 10.8. The van der Waals surface area contributed by atoms with E-state index in [1.54, 1.807) is 11.8 Å². The maximum atomic E-state index is 13.2. The molecule has 0 aliphatic rings. The topological polar surface area (TPSA) is 59.5 Å². The van der Waals surface area contributed by atoms with E-state index in [0.717, 1.165) is 21.6 Å². The molecular formula is C24H26N2O3S. The molecule has 5 nitrogen and oxygen atoms in total. The molecule has 1 aromatic heterocycles. The summed E-state index contributed by atoms with van der Waals surface area (Å²) in [6.45, 7) is 6.39. The first-order valence-electron chi connectivity index (χ1n) is 10.0. The number of ether oxygens (including phenoxy) is 1. The Bertz CT molecular complexity index is 997. The number of thiazole rings is 1. The number of hydrogen-bond donors (Lipinski definition) is 0. The fourth-order valence-corrected chi connectivity index (χ4v) is 4.02. The van der Waals surface area contributed by atoms with Crippen molar-refractivity contribution in [2.24, 2.45) is 0 Å². The van der Waals surface area contributed by atoms with Crippen molar-refractivity contribution in [1.82, 2.24) is 4.98 Å². The molecule has 0 saturated heterocycles. The number of hydrogen-bond acceptors (Lipinski definition) is 5. The van der Waals surface area contributed by atoms with Gasteiger partial charge in [-0.2, -0.15) is 0 Å². The molecular weight excluding hydrogens is 396 g/mol. The number of carbonyl (C=O) groups excluding carboxylic acids is 2. The molecule has 3 aromatic rings. The predicted octanol–water partition coefficient (Wildman–Crippen LogP) is 4.76. The molecule has 0 bridgehead atoms. The van der Waals surface area contributed by atoms with Gasteiger partial charge < -0.3 is 4.74 Å². The minimum atomic E-state index is -0.452. The average Bonchev–Trinajstić information content (AvgIpc) is 3.12. The van der Waals surface area contributed by atoms with Gasteiger partial charge in [-0.15, -0.1) is 11.3 Å². The zero-order valence-electron chi connectivity index (χ0n) is 17.6. The van der Waals surface area contributed by atoms with Crippen molar-refractivity contribution in [3.63, 3.8) is 0 Å². The van der Waals surface area contributed by atoms with Gasteiger partial charge in [-0.05, 0) is 38.3 Å². The van der Waals surface area contributed by atoms with Crippen LogP contribution in [0.3, 0.4) is 0 Å². The third-order valence-corrected chi connectivity index (χ3v) is 5.72. The minimum absolute atomic E-state index is 0.0426. The van der Waals surface area contributed by atoms with Crippen LogP contribution in [0.1, 0.15) is 39.0 Å². The van der Waals surface area contributed by atoms with Gasteiger partial charge in [0.1, 0.15) is 0 Å². The summed E-state index contributed by atoms with van der Waals surface area (Å²) in [5.74, 6) is -0.495. The molecule has 0 aliphatic carbocycles. The third kappa shape index (κ3) is 5.54. The minimum Gasteiger partial charge on any atom is -0.461 e. The average molecular weight is 423 g/mol. The quantitative estimate of drug-likeness (QED) is 0.491. The maximum Gasteiger partial charge on any atom is 0.358 e. The fourth-order valence-electron chi connectivity index (χ4n) is 3.08. The number of nitrogens with zero attached hydrogens (tertiary/aromatic N) is 2. The number of rotatable bonds is 8. The van der Waals surface area contributed by atoms with Crippen LogP contribution in [0.2, 0.25) is 0 Å². The van der Waals surface area contributed by atoms with E-state index in [1.165, 1.54) is 11.3 Å². The molecule has 6 heteroatoms. The summed E-state index contributed by atoms with van der Waals surface area (Å²) < 4.78 is 5.10. The largest absolute Gasteiger partial charge is 0.461 e. The van der Waals surface area contributed by atoms with Crippen LogP contribution in [0.4, 0.5) is 5.13 Å². The van der Waals surface area contributed by atoms with Crippen molar-refractivity contribution in [3.05, 3.63) is 81.9 Å². The summed E-state index contributed by atoms with van der Waals surface area (Å²) in [5, 5.41) is 0.531. The van der Waals surface area contributed by atoms with Crippen molar-refractivity contribution in [2.75, 3.05) is 18.1 Å². The molecule has 0 atom stereocenters. The van der Waals surface area contributed by atoms with Crippen molar-refractivity contribution < 1.29 is 14.3 Å². The fraction of sp³-hybridized carbons (Fsp3) is 0.292. The second-order valence-corrected chi connectivity index (χ2v) is 8.25. The molecule has 0 spiro atoms.